The highest BCUT2D eigenvalue weighted by Gasteiger charge is 1.88. The molecule has 12 heavy (non-hydrogen) atoms. The lowest BCUT2D eigenvalue weighted by Crippen LogP contribution is -2.16. The van der Waals surface area contributed by atoms with E-state index in [1.165, 1.54) is 12.8 Å². The Morgan fingerprint density at radius 1 is 1.17 bits per heavy atom. The van der Waals surface area contributed by atoms with Crippen molar-refractivity contribution >= 4 is 0 Å². The molecule has 0 bridgehead atoms. The number of hydroxylamine groups is 1. The predicted octanol–water partition coefficient (Wildman–Crippen LogP) is 1.47. The molecule has 3 heteroatoms. The van der Waals surface area contributed by atoms with Crippen LogP contribution in [0.3, 0.4) is 0 Å². The molecule has 0 aliphatic heterocycles. The highest BCUT2D eigenvalue weighted by Crippen LogP contribution is 1.92. The monoisotopic (exact) mass is 175 g/mol. The van der Waals surface area contributed by atoms with Gasteiger partial charge in [0.2, 0.25) is 0 Å². The van der Waals surface area contributed by atoms with E-state index in [4.69, 9.17) is 9.94 Å². The van der Waals surface area contributed by atoms with Crippen LogP contribution in [0.25, 0.3) is 0 Å². The Bertz CT molecular complexity index is 68.9. The number of aliphatic hydroxyl groups excluding tert-OH is 1. The van der Waals surface area contributed by atoms with Crippen molar-refractivity contribution in [2.24, 2.45) is 0 Å². The fraction of sp³-hybridized carbons (Fsp3) is 1.00. The van der Waals surface area contributed by atoms with Gasteiger partial charge < -0.3 is 9.94 Å². The minimum atomic E-state index is 0.275. The van der Waals surface area contributed by atoms with Crippen molar-refractivity contribution in [1.29, 1.82) is 0 Å². The molecule has 0 aliphatic rings. The maximum absolute atomic E-state index is 8.47. The fourth-order valence-electron chi connectivity index (χ4n) is 0.878. The molecule has 0 aliphatic carbocycles. The highest BCUT2D eigenvalue weighted by atomic mass is 16.6. The van der Waals surface area contributed by atoms with Crippen LogP contribution in [0.1, 0.15) is 39.0 Å². The molecule has 3 nitrogen and oxygen atoms in total. The quantitative estimate of drug-likeness (QED) is 0.412. The number of nitrogens with one attached hydrogen (secondary N) is 1. The molecular formula is C9H21NO2. The number of hydrogen-bond acceptors (Lipinski definition) is 3. The largest absolute Gasteiger partial charge is 0.396 e. The second kappa shape index (κ2) is 10.9. The first-order valence-electron chi connectivity index (χ1n) is 4.87. The summed E-state index contributed by atoms with van der Waals surface area (Å²) in [5.41, 5.74) is 2.87. The molecule has 0 aromatic carbocycles. The van der Waals surface area contributed by atoms with E-state index < -0.39 is 0 Å². The minimum absolute atomic E-state index is 0.275. The Labute approximate surface area is 75.1 Å². The first kappa shape index (κ1) is 11.9. The van der Waals surface area contributed by atoms with Gasteiger partial charge in [-0.3, -0.25) is 0 Å². The summed E-state index contributed by atoms with van der Waals surface area (Å²) in [6, 6.07) is 0. The third kappa shape index (κ3) is 9.88. The molecule has 0 spiro atoms. The zero-order valence-electron chi connectivity index (χ0n) is 8.01. The lowest BCUT2D eigenvalue weighted by atomic mass is 10.3. The number of hydrogen-bond donors (Lipinski definition) is 2. The number of aliphatic hydroxyl groups is 1. The van der Waals surface area contributed by atoms with Crippen LogP contribution in [0.5, 0.6) is 0 Å². The second-order valence-corrected chi connectivity index (χ2v) is 2.88. The normalized spacial score (nSPS) is 10.5. The third-order valence-corrected chi connectivity index (χ3v) is 1.64. The van der Waals surface area contributed by atoms with Crippen LogP contribution in [-0.4, -0.2) is 24.9 Å². The molecule has 0 aromatic heterocycles. The van der Waals surface area contributed by atoms with E-state index in [2.05, 4.69) is 12.4 Å². The smallest absolute Gasteiger partial charge is 0.0682 e. The lowest BCUT2D eigenvalue weighted by Gasteiger charge is -2.04. The second-order valence-electron chi connectivity index (χ2n) is 2.88. The molecule has 0 aromatic rings. The van der Waals surface area contributed by atoms with Gasteiger partial charge in [-0.2, -0.15) is 0 Å². The van der Waals surface area contributed by atoms with Crippen molar-refractivity contribution in [3.8, 4) is 0 Å². The maximum Gasteiger partial charge on any atom is 0.0682 e. The number of rotatable bonds is 9. The Hall–Kier alpha value is -0.120. The van der Waals surface area contributed by atoms with E-state index in [1.807, 2.05) is 0 Å². The summed E-state index contributed by atoms with van der Waals surface area (Å²) >= 11 is 0. The number of unbranched alkanes of at least 4 members (excludes halogenated alkanes) is 3. The van der Waals surface area contributed by atoms with Gasteiger partial charge >= 0.3 is 0 Å². The van der Waals surface area contributed by atoms with Crippen LogP contribution in [0.2, 0.25) is 0 Å². The van der Waals surface area contributed by atoms with Crippen molar-refractivity contribution in [3.05, 3.63) is 0 Å². The van der Waals surface area contributed by atoms with E-state index in [0.29, 0.717) is 0 Å². The Balaban J connectivity index is 2.73. The minimum Gasteiger partial charge on any atom is -0.396 e. The zero-order valence-corrected chi connectivity index (χ0v) is 8.01. The molecule has 0 fully saturated rings. The molecule has 0 amide bonds. The summed E-state index contributed by atoms with van der Waals surface area (Å²) in [5.74, 6) is 0. The predicted molar refractivity (Wildman–Crippen MR) is 49.8 cm³/mol. The van der Waals surface area contributed by atoms with E-state index in [0.717, 1.165) is 32.4 Å². The van der Waals surface area contributed by atoms with E-state index in [9.17, 15) is 0 Å². The first-order valence-corrected chi connectivity index (χ1v) is 4.87. The van der Waals surface area contributed by atoms with Gasteiger partial charge in [-0.15, -0.1) is 0 Å². The van der Waals surface area contributed by atoms with E-state index >= 15 is 0 Å². The Morgan fingerprint density at radius 3 is 2.67 bits per heavy atom. The summed E-state index contributed by atoms with van der Waals surface area (Å²) in [5, 5.41) is 8.47. The Morgan fingerprint density at radius 2 is 2.00 bits per heavy atom. The standard InChI is InChI=1S/C9H21NO2/c1-2-3-6-9-12-10-7-4-5-8-11/h10-11H,2-9H2,1H3. The summed E-state index contributed by atoms with van der Waals surface area (Å²) in [7, 11) is 0. The van der Waals surface area contributed by atoms with Crippen LogP contribution in [0.15, 0.2) is 0 Å². The van der Waals surface area contributed by atoms with Gasteiger partial charge in [-0.25, -0.2) is 5.48 Å². The molecule has 0 saturated carbocycles. The van der Waals surface area contributed by atoms with Gasteiger partial charge in [-0.05, 0) is 19.3 Å². The topological polar surface area (TPSA) is 41.5 Å². The van der Waals surface area contributed by atoms with Crippen molar-refractivity contribution < 1.29 is 9.94 Å². The average molecular weight is 175 g/mol. The molecule has 74 valence electrons. The molecule has 2 N–H and O–H groups in total. The van der Waals surface area contributed by atoms with Crippen LogP contribution < -0.4 is 5.48 Å². The van der Waals surface area contributed by atoms with Gasteiger partial charge in [0.15, 0.2) is 0 Å². The summed E-state index contributed by atoms with van der Waals surface area (Å²) in [6.45, 7) is 4.09. The maximum atomic E-state index is 8.47. The fourth-order valence-corrected chi connectivity index (χ4v) is 0.878. The van der Waals surface area contributed by atoms with Crippen LogP contribution in [0.4, 0.5) is 0 Å². The molecule has 0 unspecified atom stereocenters. The van der Waals surface area contributed by atoms with Crippen LogP contribution in [0, 0.1) is 0 Å². The van der Waals surface area contributed by atoms with Crippen molar-refractivity contribution in [2.45, 2.75) is 39.0 Å². The van der Waals surface area contributed by atoms with E-state index in [1.54, 1.807) is 0 Å². The van der Waals surface area contributed by atoms with Gasteiger partial charge in [-0.1, -0.05) is 19.8 Å². The van der Waals surface area contributed by atoms with Crippen LogP contribution in [-0.2, 0) is 4.84 Å². The van der Waals surface area contributed by atoms with Crippen molar-refractivity contribution in [2.75, 3.05) is 19.8 Å². The first-order chi connectivity index (χ1) is 5.91. The van der Waals surface area contributed by atoms with Crippen molar-refractivity contribution in [3.63, 3.8) is 0 Å². The molecule has 0 radical (unpaired) electrons. The summed E-state index contributed by atoms with van der Waals surface area (Å²) < 4.78 is 0. The van der Waals surface area contributed by atoms with Crippen LogP contribution >= 0.6 is 0 Å². The lowest BCUT2D eigenvalue weighted by molar-refractivity contribution is 0.0373. The van der Waals surface area contributed by atoms with Gasteiger partial charge in [0.05, 0.1) is 6.61 Å². The van der Waals surface area contributed by atoms with Gasteiger partial charge in [0.1, 0.15) is 0 Å². The average Bonchev–Trinajstić information content (AvgIpc) is 2.10. The highest BCUT2D eigenvalue weighted by molar-refractivity contribution is 4.39. The molecule has 0 heterocycles. The third-order valence-electron chi connectivity index (χ3n) is 1.64. The molecule has 0 saturated heterocycles. The van der Waals surface area contributed by atoms with Gasteiger partial charge in [0.25, 0.3) is 0 Å². The molecule has 0 atom stereocenters. The van der Waals surface area contributed by atoms with E-state index in [-0.39, 0.29) is 6.61 Å². The van der Waals surface area contributed by atoms with Crippen molar-refractivity contribution in [1.82, 2.24) is 5.48 Å². The summed E-state index contributed by atoms with van der Waals surface area (Å²) in [6.07, 6.45) is 5.42. The van der Waals surface area contributed by atoms with Gasteiger partial charge in [0, 0.05) is 13.2 Å². The summed E-state index contributed by atoms with van der Waals surface area (Å²) in [4.78, 5) is 5.15. The SMILES string of the molecule is CCCCCONCCCCO. The molecule has 0 rings (SSSR count). The zero-order chi connectivity index (χ0) is 9.07. The molecular weight excluding hydrogens is 154 g/mol. The Kier molecular flexibility index (Phi) is 10.8.